The van der Waals surface area contributed by atoms with Gasteiger partial charge in [0.05, 0.1) is 24.7 Å². The lowest BCUT2D eigenvalue weighted by Gasteiger charge is -2.54. The summed E-state index contributed by atoms with van der Waals surface area (Å²) in [7, 11) is 1.74. The first-order valence-electron chi connectivity index (χ1n) is 11.2. The SMILES string of the molecule is CC.COc1cc2ncc(-c3cccc(NC4CC5(CNC5)C4)n3)n2cc1C1CC1. The zero-order chi connectivity index (χ0) is 20.7. The molecule has 2 N–H and O–H groups in total. The first-order chi connectivity index (χ1) is 14.7. The molecule has 2 aliphatic carbocycles. The van der Waals surface area contributed by atoms with Gasteiger partial charge in [-0.2, -0.15) is 0 Å². The lowest BCUT2D eigenvalue weighted by atomic mass is 9.62. The Labute approximate surface area is 178 Å². The number of nitrogens with one attached hydrogen (secondary N) is 2. The Kier molecular flexibility index (Phi) is 4.89. The van der Waals surface area contributed by atoms with Gasteiger partial charge in [-0.05, 0) is 49.1 Å². The van der Waals surface area contributed by atoms with Crippen molar-refractivity contribution in [2.24, 2.45) is 5.41 Å². The third-order valence-corrected chi connectivity index (χ3v) is 6.60. The molecule has 0 radical (unpaired) electrons. The fourth-order valence-corrected chi connectivity index (χ4v) is 4.81. The minimum atomic E-state index is 0.540. The Bertz CT molecular complexity index is 1040. The lowest BCUT2D eigenvalue weighted by molar-refractivity contribution is 0.0469. The van der Waals surface area contributed by atoms with E-state index in [0.717, 1.165) is 28.6 Å². The highest BCUT2D eigenvalue weighted by Gasteiger charge is 2.48. The van der Waals surface area contributed by atoms with Crippen LogP contribution < -0.4 is 15.4 Å². The van der Waals surface area contributed by atoms with Crippen LogP contribution in [0.4, 0.5) is 5.82 Å². The maximum Gasteiger partial charge on any atom is 0.140 e. The molecule has 1 spiro atoms. The van der Waals surface area contributed by atoms with E-state index in [4.69, 9.17) is 9.72 Å². The minimum absolute atomic E-state index is 0.540. The van der Waals surface area contributed by atoms with Crippen molar-refractivity contribution in [3.05, 3.63) is 42.2 Å². The zero-order valence-corrected chi connectivity index (χ0v) is 18.1. The second-order valence-corrected chi connectivity index (χ2v) is 8.70. The Morgan fingerprint density at radius 3 is 2.67 bits per heavy atom. The molecule has 3 aromatic heterocycles. The molecule has 0 aromatic carbocycles. The molecule has 2 saturated carbocycles. The van der Waals surface area contributed by atoms with Gasteiger partial charge in [-0.3, -0.25) is 4.40 Å². The highest BCUT2D eigenvalue weighted by atomic mass is 16.5. The van der Waals surface area contributed by atoms with Crippen LogP contribution in [0.2, 0.25) is 0 Å². The molecule has 30 heavy (non-hydrogen) atoms. The van der Waals surface area contributed by atoms with E-state index in [1.54, 1.807) is 7.11 Å². The van der Waals surface area contributed by atoms with Gasteiger partial charge in [0.25, 0.3) is 0 Å². The molecular weight excluding hydrogens is 374 g/mol. The molecular formula is C24H31N5O. The monoisotopic (exact) mass is 405 g/mol. The predicted octanol–water partition coefficient (Wildman–Crippen LogP) is 4.47. The number of ether oxygens (including phenoxy) is 1. The summed E-state index contributed by atoms with van der Waals surface area (Å²) < 4.78 is 7.75. The Morgan fingerprint density at radius 1 is 1.20 bits per heavy atom. The number of methoxy groups -OCH3 is 1. The first-order valence-corrected chi connectivity index (χ1v) is 11.2. The van der Waals surface area contributed by atoms with Crippen LogP contribution in [-0.4, -0.2) is 40.6 Å². The van der Waals surface area contributed by atoms with Crippen molar-refractivity contribution in [2.75, 3.05) is 25.5 Å². The minimum Gasteiger partial charge on any atom is -0.496 e. The predicted molar refractivity (Wildman–Crippen MR) is 120 cm³/mol. The smallest absolute Gasteiger partial charge is 0.140 e. The molecule has 1 aliphatic heterocycles. The van der Waals surface area contributed by atoms with E-state index in [1.165, 1.54) is 44.3 Å². The van der Waals surface area contributed by atoms with E-state index < -0.39 is 0 Å². The van der Waals surface area contributed by atoms with Gasteiger partial charge < -0.3 is 15.4 Å². The average molecular weight is 406 g/mol. The number of nitrogens with zero attached hydrogens (tertiary/aromatic N) is 3. The highest BCUT2D eigenvalue weighted by molar-refractivity contribution is 5.64. The molecule has 6 rings (SSSR count). The second kappa shape index (κ2) is 7.58. The summed E-state index contributed by atoms with van der Waals surface area (Å²) in [5, 5.41) is 7.02. The first kappa shape index (κ1) is 19.4. The van der Waals surface area contributed by atoms with Gasteiger partial charge in [0.15, 0.2) is 0 Å². The van der Waals surface area contributed by atoms with Crippen LogP contribution in [0, 0.1) is 5.41 Å². The highest BCUT2D eigenvalue weighted by Crippen LogP contribution is 2.46. The van der Waals surface area contributed by atoms with Crippen molar-refractivity contribution in [2.45, 2.75) is 51.5 Å². The van der Waals surface area contributed by atoms with E-state index in [1.807, 2.05) is 26.1 Å². The molecule has 3 aliphatic rings. The lowest BCUT2D eigenvalue weighted by Crippen LogP contribution is -2.63. The zero-order valence-electron chi connectivity index (χ0n) is 18.1. The van der Waals surface area contributed by atoms with Crippen molar-refractivity contribution in [1.29, 1.82) is 0 Å². The standard InChI is InChI=1S/C22H25N5O.C2H6/c1-28-19-7-21-24-10-18(27(21)11-16(19)14-5-6-14)17-3-2-4-20(26-17)25-15-8-22(9-15)12-23-13-22;1-2/h2-4,7,10-11,14-15,23H,5-6,8-9,12-13H2,1H3,(H,25,26);1-2H3. The van der Waals surface area contributed by atoms with Crippen LogP contribution in [0.15, 0.2) is 36.7 Å². The van der Waals surface area contributed by atoms with Crippen LogP contribution >= 0.6 is 0 Å². The van der Waals surface area contributed by atoms with Crippen LogP contribution in [0.3, 0.4) is 0 Å². The van der Waals surface area contributed by atoms with Gasteiger partial charge in [-0.15, -0.1) is 0 Å². The number of rotatable bonds is 5. The average Bonchev–Trinajstić information content (AvgIpc) is 3.49. The second-order valence-electron chi connectivity index (χ2n) is 8.70. The van der Waals surface area contributed by atoms with Gasteiger partial charge in [-0.1, -0.05) is 19.9 Å². The van der Waals surface area contributed by atoms with E-state index in [9.17, 15) is 0 Å². The van der Waals surface area contributed by atoms with Crippen LogP contribution in [0.5, 0.6) is 5.75 Å². The maximum atomic E-state index is 5.60. The fraction of sp³-hybridized carbons (Fsp3) is 0.500. The molecule has 0 unspecified atom stereocenters. The number of hydrogen-bond acceptors (Lipinski definition) is 5. The van der Waals surface area contributed by atoms with E-state index in [0.29, 0.717) is 17.4 Å². The van der Waals surface area contributed by atoms with E-state index >= 15 is 0 Å². The fourth-order valence-electron chi connectivity index (χ4n) is 4.81. The number of aromatic nitrogens is 3. The summed E-state index contributed by atoms with van der Waals surface area (Å²) in [4.78, 5) is 9.49. The number of pyridine rings is 2. The number of anilines is 1. The van der Waals surface area contributed by atoms with Crippen LogP contribution in [-0.2, 0) is 0 Å². The largest absolute Gasteiger partial charge is 0.496 e. The topological polar surface area (TPSA) is 63.5 Å². The Hall–Kier alpha value is -2.60. The van der Waals surface area contributed by atoms with Gasteiger partial charge in [0.2, 0.25) is 0 Å². The third-order valence-electron chi connectivity index (χ3n) is 6.60. The summed E-state index contributed by atoms with van der Waals surface area (Å²) in [5.74, 6) is 2.51. The molecule has 3 fully saturated rings. The Morgan fingerprint density at radius 2 is 2.00 bits per heavy atom. The molecule has 6 nitrogen and oxygen atoms in total. The van der Waals surface area contributed by atoms with Crippen molar-refractivity contribution in [3.8, 4) is 17.1 Å². The van der Waals surface area contributed by atoms with Crippen LogP contribution in [0.1, 0.15) is 51.0 Å². The number of fused-ring (bicyclic) bond motifs is 1. The van der Waals surface area contributed by atoms with Gasteiger partial charge in [-0.25, -0.2) is 9.97 Å². The van der Waals surface area contributed by atoms with Crippen molar-refractivity contribution in [3.63, 3.8) is 0 Å². The van der Waals surface area contributed by atoms with Crippen LogP contribution in [0.25, 0.3) is 17.0 Å². The maximum absolute atomic E-state index is 5.60. The summed E-state index contributed by atoms with van der Waals surface area (Å²) in [5.41, 5.74) is 4.71. The summed E-state index contributed by atoms with van der Waals surface area (Å²) >= 11 is 0. The van der Waals surface area contributed by atoms with Crippen molar-refractivity contribution >= 4 is 11.5 Å². The summed E-state index contributed by atoms with van der Waals surface area (Å²) in [6.07, 6.45) is 9.06. The van der Waals surface area contributed by atoms with E-state index in [-0.39, 0.29) is 0 Å². The number of imidazole rings is 1. The molecule has 158 valence electrons. The molecule has 0 amide bonds. The number of hydrogen-bond donors (Lipinski definition) is 2. The normalized spacial score (nSPS) is 19.6. The molecule has 4 heterocycles. The van der Waals surface area contributed by atoms with Gasteiger partial charge in [0.1, 0.15) is 17.2 Å². The quantitative estimate of drug-likeness (QED) is 0.656. The van der Waals surface area contributed by atoms with Crippen molar-refractivity contribution in [1.82, 2.24) is 19.7 Å². The molecule has 3 aromatic rings. The molecule has 1 saturated heterocycles. The third kappa shape index (κ3) is 3.33. The van der Waals surface area contributed by atoms with Gasteiger partial charge in [0, 0.05) is 37.0 Å². The molecule has 0 bridgehead atoms. The Balaban J connectivity index is 0.000000937. The van der Waals surface area contributed by atoms with Crippen molar-refractivity contribution < 1.29 is 4.74 Å². The molecule has 0 atom stereocenters. The molecule has 6 heteroatoms. The summed E-state index contributed by atoms with van der Waals surface area (Å²) in [6, 6.07) is 8.79. The van der Waals surface area contributed by atoms with E-state index in [2.05, 4.69) is 44.4 Å². The van der Waals surface area contributed by atoms with Gasteiger partial charge >= 0.3 is 0 Å². The summed E-state index contributed by atoms with van der Waals surface area (Å²) in [6.45, 7) is 6.35.